The van der Waals surface area contributed by atoms with Crippen molar-refractivity contribution in [3.8, 4) is 0 Å². The van der Waals surface area contributed by atoms with E-state index in [9.17, 15) is 14.4 Å². The fourth-order valence-corrected chi connectivity index (χ4v) is 5.21. The zero-order chi connectivity index (χ0) is 33.8. The van der Waals surface area contributed by atoms with E-state index in [1.54, 1.807) is 0 Å². The number of esters is 1. The number of rotatable bonds is 33. The number of amides is 1. The lowest BCUT2D eigenvalue weighted by Crippen LogP contribution is -2.28. The van der Waals surface area contributed by atoms with Gasteiger partial charge in [-0.05, 0) is 76.7 Å². The summed E-state index contributed by atoms with van der Waals surface area (Å²) in [7, 11) is 0. The quantitative estimate of drug-likeness (QED) is 0.0422. The number of ether oxygens (including phenoxy) is 1. The molecule has 0 bridgehead atoms. The molecule has 0 rings (SSSR count). The number of carboxylic acid groups (broad SMARTS) is 1. The Morgan fingerprint density at radius 2 is 1.13 bits per heavy atom. The van der Waals surface area contributed by atoms with Crippen LogP contribution in [-0.4, -0.2) is 35.6 Å². The van der Waals surface area contributed by atoms with Gasteiger partial charge in [-0.15, -0.1) is 0 Å². The minimum Gasteiger partial charge on any atom is -0.480 e. The van der Waals surface area contributed by atoms with E-state index in [1.165, 1.54) is 83.5 Å². The first-order valence-electron chi connectivity index (χ1n) is 18.8. The topological polar surface area (TPSA) is 92.7 Å². The van der Waals surface area contributed by atoms with Crippen LogP contribution in [0.5, 0.6) is 0 Å². The van der Waals surface area contributed by atoms with E-state index in [4.69, 9.17) is 9.84 Å². The summed E-state index contributed by atoms with van der Waals surface area (Å²) in [6, 6.07) is 0. The first-order valence-corrected chi connectivity index (χ1v) is 18.8. The molecule has 1 unspecified atom stereocenters. The third kappa shape index (κ3) is 34.2. The molecule has 2 N–H and O–H groups in total. The fraction of sp³-hybridized carbons (Fsp3) is 0.725. The van der Waals surface area contributed by atoms with Crippen molar-refractivity contribution in [2.24, 2.45) is 0 Å². The number of carbonyl (C=O) groups is 3. The maximum atomic E-state index is 12.6. The molecule has 0 saturated carbocycles. The van der Waals surface area contributed by atoms with Gasteiger partial charge in [-0.25, -0.2) is 0 Å². The molecule has 0 aliphatic carbocycles. The second-order valence-corrected chi connectivity index (χ2v) is 12.4. The Kier molecular flexibility index (Phi) is 33.2. The zero-order valence-electron chi connectivity index (χ0n) is 29.7. The van der Waals surface area contributed by atoms with Gasteiger partial charge in [0.2, 0.25) is 5.91 Å². The molecule has 264 valence electrons. The highest BCUT2D eigenvalue weighted by Gasteiger charge is 2.11. The van der Waals surface area contributed by atoms with Gasteiger partial charge in [-0.3, -0.25) is 14.4 Å². The lowest BCUT2D eigenvalue weighted by atomic mass is 10.1. The predicted molar refractivity (Wildman–Crippen MR) is 194 cm³/mol. The fourth-order valence-electron chi connectivity index (χ4n) is 5.21. The maximum absolute atomic E-state index is 12.6. The number of unbranched alkanes of at least 4 members (excludes halogenated alkanes) is 16. The van der Waals surface area contributed by atoms with E-state index in [2.05, 4.69) is 61.7 Å². The number of hydrogen-bond acceptors (Lipinski definition) is 4. The second-order valence-electron chi connectivity index (χ2n) is 12.4. The smallest absolute Gasteiger partial charge is 0.322 e. The van der Waals surface area contributed by atoms with E-state index in [-0.39, 0.29) is 24.5 Å². The Bertz CT molecular complexity index is 845. The Morgan fingerprint density at radius 1 is 0.609 bits per heavy atom. The minimum absolute atomic E-state index is 0.113. The molecule has 6 heteroatoms. The van der Waals surface area contributed by atoms with Gasteiger partial charge in [-0.2, -0.15) is 0 Å². The molecule has 0 aromatic heterocycles. The van der Waals surface area contributed by atoms with Crippen molar-refractivity contribution in [1.82, 2.24) is 5.32 Å². The number of carbonyl (C=O) groups excluding carboxylic acids is 2. The van der Waals surface area contributed by atoms with Crippen molar-refractivity contribution in [1.29, 1.82) is 0 Å². The lowest BCUT2D eigenvalue weighted by Gasteiger charge is -2.14. The highest BCUT2D eigenvalue weighted by molar-refractivity contribution is 5.80. The van der Waals surface area contributed by atoms with Crippen LogP contribution in [0.3, 0.4) is 0 Å². The van der Waals surface area contributed by atoms with Gasteiger partial charge in [-0.1, -0.05) is 133 Å². The van der Waals surface area contributed by atoms with Crippen molar-refractivity contribution < 1.29 is 24.2 Å². The third-order valence-corrected chi connectivity index (χ3v) is 7.97. The van der Waals surface area contributed by atoms with Gasteiger partial charge in [0.15, 0.2) is 0 Å². The van der Waals surface area contributed by atoms with Crippen LogP contribution in [0, 0.1) is 0 Å². The molecule has 0 radical (unpaired) electrons. The lowest BCUT2D eigenvalue weighted by molar-refractivity contribution is -0.147. The Balaban J connectivity index is 4.15. The van der Waals surface area contributed by atoms with Gasteiger partial charge in [0.1, 0.15) is 12.6 Å². The van der Waals surface area contributed by atoms with Gasteiger partial charge in [0, 0.05) is 12.8 Å². The Labute approximate surface area is 282 Å². The van der Waals surface area contributed by atoms with Crippen LogP contribution in [0.4, 0.5) is 0 Å². The van der Waals surface area contributed by atoms with Gasteiger partial charge < -0.3 is 15.2 Å². The molecule has 0 fully saturated rings. The van der Waals surface area contributed by atoms with Crippen molar-refractivity contribution in [3.05, 3.63) is 48.6 Å². The standard InChI is InChI=1S/C40H69NO5/c1-3-5-7-9-11-13-14-15-16-17-18-19-20-21-23-25-31-35-40(45)46-37(32-28-24-22-12-10-8-6-4-2)33-29-26-27-30-34-38(42)41-36-39(43)44/h6,8,12,15-16,22,28,32,37H,3-5,7,9-11,13-14,17-21,23-27,29-31,33-36H2,1-2H3,(H,41,42)(H,43,44)/b8-6-,16-15-,22-12-,32-28-. The van der Waals surface area contributed by atoms with Gasteiger partial charge in [0.25, 0.3) is 0 Å². The average molecular weight is 644 g/mol. The summed E-state index contributed by atoms with van der Waals surface area (Å²) in [4.78, 5) is 34.8. The van der Waals surface area contributed by atoms with Crippen LogP contribution >= 0.6 is 0 Å². The summed E-state index contributed by atoms with van der Waals surface area (Å²) in [5.41, 5.74) is 0. The summed E-state index contributed by atoms with van der Waals surface area (Å²) < 4.78 is 5.85. The summed E-state index contributed by atoms with van der Waals surface area (Å²) >= 11 is 0. The first kappa shape index (κ1) is 43.4. The molecule has 0 aromatic rings. The molecule has 46 heavy (non-hydrogen) atoms. The van der Waals surface area contributed by atoms with E-state index in [0.717, 1.165) is 64.2 Å². The highest BCUT2D eigenvalue weighted by atomic mass is 16.5. The SMILES string of the molecule is CC/C=C\C/C=C\C/C=C\C(CCCCCCC(=O)NCC(=O)O)OC(=O)CCCCCCCCC/C=C\CCCCCCCC. The number of allylic oxidation sites excluding steroid dienone is 7. The highest BCUT2D eigenvalue weighted by Crippen LogP contribution is 2.15. The molecular weight excluding hydrogens is 574 g/mol. The van der Waals surface area contributed by atoms with E-state index in [1.807, 2.05) is 6.08 Å². The normalized spacial score (nSPS) is 12.6. The third-order valence-electron chi connectivity index (χ3n) is 7.97. The summed E-state index contributed by atoms with van der Waals surface area (Å²) in [6.45, 7) is 4.06. The molecule has 1 atom stereocenters. The average Bonchev–Trinajstić information content (AvgIpc) is 3.04. The largest absolute Gasteiger partial charge is 0.480 e. The van der Waals surface area contributed by atoms with Crippen LogP contribution in [-0.2, 0) is 19.1 Å². The van der Waals surface area contributed by atoms with Gasteiger partial charge in [0.05, 0.1) is 0 Å². The number of nitrogens with one attached hydrogen (secondary N) is 1. The van der Waals surface area contributed by atoms with Crippen molar-refractivity contribution in [2.45, 2.75) is 180 Å². The number of aliphatic carboxylic acids is 1. The Hall–Kier alpha value is -2.63. The molecule has 0 heterocycles. The zero-order valence-corrected chi connectivity index (χ0v) is 29.7. The Morgan fingerprint density at radius 3 is 1.74 bits per heavy atom. The first-order chi connectivity index (χ1) is 22.5. The van der Waals surface area contributed by atoms with Crippen LogP contribution in [0.1, 0.15) is 174 Å². The summed E-state index contributed by atoms with van der Waals surface area (Å²) in [6.07, 6.45) is 43.9. The molecule has 0 aliphatic heterocycles. The maximum Gasteiger partial charge on any atom is 0.322 e. The van der Waals surface area contributed by atoms with Crippen molar-refractivity contribution in [2.75, 3.05) is 6.54 Å². The van der Waals surface area contributed by atoms with E-state index >= 15 is 0 Å². The molecule has 0 aromatic carbocycles. The second kappa shape index (κ2) is 35.2. The van der Waals surface area contributed by atoms with Crippen molar-refractivity contribution in [3.63, 3.8) is 0 Å². The van der Waals surface area contributed by atoms with Crippen LogP contribution in [0.25, 0.3) is 0 Å². The predicted octanol–water partition coefficient (Wildman–Crippen LogP) is 11.1. The molecule has 0 saturated heterocycles. The van der Waals surface area contributed by atoms with Crippen LogP contribution in [0.2, 0.25) is 0 Å². The molecule has 6 nitrogen and oxygen atoms in total. The van der Waals surface area contributed by atoms with Crippen molar-refractivity contribution >= 4 is 17.8 Å². The molecule has 0 aliphatic rings. The molecular formula is C40H69NO5. The van der Waals surface area contributed by atoms with E-state index in [0.29, 0.717) is 12.8 Å². The van der Waals surface area contributed by atoms with E-state index < -0.39 is 5.97 Å². The summed E-state index contributed by atoms with van der Waals surface area (Å²) in [5, 5.41) is 11.0. The van der Waals surface area contributed by atoms with Crippen LogP contribution in [0.15, 0.2) is 48.6 Å². The monoisotopic (exact) mass is 644 g/mol. The molecule has 0 spiro atoms. The minimum atomic E-state index is -1.03. The summed E-state index contributed by atoms with van der Waals surface area (Å²) in [5.74, 6) is -1.37. The van der Waals surface area contributed by atoms with Gasteiger partial charge >= 0.3 is 11.9 Å². The number of carboxylic acids is 1. The number of hydrogen-bond donors (Lipinski definition) is 2. The molecule has 1 amide bonds. The van der Waals surface area contributed by atoms with Crippen LogP contribution < -0.4 is 5.32 Å².